The van der Waals surface area contributed by atoms with Gasteiger partial charge in [0.05, 0.1) is 22.0 Å². The number of sulfone groups is 1. The fraction of sp³-hybridized carbons (Fsp3) is 0.267. The van der Waals surface area contributed by atoms with Crippen molar-refractivity contribution in [2.45, 2.75) is 15.6 Å². The van der Waals surface area contributed by atoms with Crippen LogP contribution in [0, 0.1) is 0 Å². The van der Waals surface area contributed by atoms with Gasteiger partial charge in [-0.3, -0.25) is 4.79 Å². The van der Waals surface area contributed by atoms with E-state index in [-0.39, 0.29) is 26.2 Å². The van der Waals surface area contributed by atoms with Gasteiger partial charge in [0.15, 0.2) is 9.84 Å². The van der Waals surface area contributed by atoms with E-state index in [0.717, 1.165) is 21.9 Å². The standard InChI is InChI=1S/C15H17ClN2O5S3/c1-18(2)26(22,23)14-7-4-10(24-14)9-17-15(19)12-8-11(25(3,20)21)5-6-13(12)16/h4-8H,9H2,1-3H3,(H,17,19). The van der Waals surface area contributed by atoms with Crippen LogP contribution in [0.15, 0.2) is 39.4 Å². The zero-order valence-corrected chi connectivity index (χ0v) is 17.4. The Morgan fingerprint density at radius 2 is 1.81 bits per heavy atom. The molecule has 0 aliphatic rings. The predicted octanol–water partition coefficient (Wildman–Crippen LogP) is 1.99. The lowest BCUT2D eigenvalue weighted by Gasteiger charge is -2.09. The van der Waals surface area contributed by atoms with Crippen LogP contribution in [0.3, 0.4) is 0 Å². The molecule has 26 heavy (non-hydrogen) atoms. The van der Waals surface area contributed by atoms with Crippen LogP contribution in [0.25, 0.3) is 0 Å². The zero-order valence-electron chi connectivity index (χ0n) is 14.2. The summed E-state index contributed by atoms with van der Waals surface area (Å²) in [6.07, 6.45) is 1.04. The summed E-state index contributed by atoms with van der Waals surface area (Å²) in [4.78, 5) is 12.9. The number of halogens is 1. The number of amides is 1. The molecule has 142 valence electrons. The topological polar surface area (TPSA) is 101 Å². The van der Waals surface area contributed by atoms with Gasteiger partial charge in [0.1, 0.15) is 4.21 Å². The minimum atomic E-state index is -3.52. The number of thiophene rings is 1. The zero-order chi connectivity index (χ0) is 19.7. The molecule has 2 rings (SSSR count). The van der Waals surface area contributed by atoms with Gasteiger partial charge in [-0.1, -0.05) is 11.6 Å². The molecule has 0 fully saturated rings. The number of hydrogen-bond donors (Lipinski definition) is 1. The van der Waals surface area contributed by atoms with Crippen LogP contribution in [0.5, 0.6) is 0 Å². The number of carbonyl (C=O) groups is 1. The van der Waals surface area contributed by atoms with E-state index >= 15 is 0 Å². The Labute approximate surface area is 161 Å². The number of benzene rings is 1. The summed E-state index contributed by atoms with van der Waals surface area (Å²) in [5.74, 6) is -0.550. The van der Waals surface area contributed by atoms with Gasteiger partial charge in [0, 0.05) is 25.2 Å². The third kappa shape index (κ3) is 4.63. The second kappa shape index (κ2) is 7.65. The molecule has 11 heteroatoms. The number of nitrogens with zero attached hydrogens (tertiary/aromatic N) is 1. The van der Waals surface area contributed by atoms with Crippen LogP contribution in [-0.2, 0) is 26.4 Å². The molecule has 2 aromatic rings. The molecule has 0 aliphatic carbocycles. The number of carbonyl (C=O) groups excluding carboxylic acids is 1. The highest BCUT2D eigenvalue weighted by Gasteiger charge is 2.20. The Hall–Kier alpha value is -1.46. The average Bonchev–Trinajstić information content (AvgIpc) is 3.01. The number of nitrogens with one attached hydrogen (secondary N) is 1. The van der Waals surface area contributed by atoms with Crippen molar-refractivity contribution in [2.24, 2.45) is 0 Å². The molecule has 1 aromatic carbocycles. The van der Waals surface area contributed by atoms with Crippen LogP contribution in [-0.4, -0.2) is 47.4 Å². The average molecular weight is 437 g/mol. The van der Waals surface area contributed by atoms with Gasteiger partial charge in [-0.2, -0.15) is 0 Å². The van der Waals surface area contributed by atoms with Crippen molar-refractivity contribution in [1.82, 2.24) is 9.62 Å². The van der Waals surface area contributed by atoms with Crippen molar-refractivity contribution >= 4 is 48.7 Å². The summed E-state index contributed by atoms with van der Waals surface area (Å²) in [7, 11) is -4.12. The van der Waals surface area contributed by atoms with Crippen molar-refractivity contribution in [3.8, 4) is 0 Å². The Balaban J connectivity index is 2.17. The summed E-state index contributed by atoms with van der Waals surface area (Å²) < 4.78 is 48.6. The first-order chi connectivity index (χ1) is 11.9. The minimum absolute atomic E-state index is 0.0115. The quantitative estimate of drug-likeness (QED) is 0.746. The SMILES string of the molecule is CN(C)S(=O)(=O)c1ccc(CNC(=O)c2cc(S(C)(=O)=O)ccc2Cl)s1. The predicted molar refractivity (Wildman–Crippen MR) is 101 cm³/mol. The lowest BCUT2D eigenvalue weighted by Crippen LogP contribution is -2.23. The molecule has 1 heterocycles. The first-order valence-corrected chi connectivity index (χ1v) is 11.7. The molecule has 1 N–H and O–H groups in total. The summed E-state index contributed by atoms with van der Waals surface area (Å²) in [5, 5.41) is 2.73. The van der Waals surface area contributed by atoms with Crippen molar-refractivity contribution < 1.29 is 21.6 Å². The molecule has 0 spiro atoms. The fourth-order valence-electron chi connectivity index (χ4n) is 1.94. The van der Waals surface area contributed by atoms with Crippen LogP contribution in [0.2, 0.25) is 5.02 Å². The van der Waals surface area contributed by atoms with Gasteiger partial charge in [-0.05, 0) is 30.3 Å². The van der Waals surface area contributed by atoms with Crippen molar-refractivity contribution in [3.63, 3.8) is 0 Å². The molecule has 0 saturated carbocycles. The van der Waals surface area contributed by atoms with Gasteiger partial charge < -0.3 is 5.32 Å². The first-order valence-electron chi connectivity index (χ1n) is 7.22. The van der Waals surface area contributed by atoms with Crippen LogP contribution >= 0.6 is 22.9 Å². The molecule has 0 radical (unpaired) electrons. The third-order valence-corrected chi connectivity index (χ3v) is 8.21. The van der Waals surface area contributed by atoms with E-state index in [0.29, 0.717) is 4.88 Å². The molecule has 1 amide bonds. The Kier molecular flexibility index (Phi) is 6.13. The van der Waals surface area contributed by atoms with Crippen LogP contribution < -0.4 is 5.32 Å². The highest BCUT2D eigenvalue weighted by Crippen LogP contribution is 2.24. The highest BCUT2D eigenvalue weighted by atomic mass is 35.5. The largest absolute Gasteiger partial charge is 0.347 e. The second-order valence-corrected chi connectivity index (χ2v) is 11.6. The highest BCUT2D eigenvalue weighted by molar-refractivity contribution is 7.91. The lowest BCUT2D eigenvalue weighted by atomic mass is 10.2. The summed E-state index contributed by atoms with van der Waals surface area (Å²) in [6.45, 7) is 0.0892. The third-order valence-electron chi connectivity index (χ3n) is 3.41. The molecule has 0 aliphatic heterocycles. The van der Waals surface area contributed by atoms with Crippen molar-refractivity contribution in [3.05, 3.63) is 45.8 Å². The van der Waals surface area contributed by atoms with E-state index in [2.05, 4.69) is 5.32 Å². The summed E-state index contributed by atoms with van der Waals surface area (Å²) >= 11 is 7.03. The maximum absolute atomic E-state index is 12.3. The second-order valence-electron chi connectivity index (χ2n) is 5.60. The van der Waals surface area contributed by atoms with E-state index < -0.39 is 25.8 Å². The minimum Gasteiger partial charge on any atom is -0.347 e. The summed E-state index contributed by atoms with van der Waals surface area (Å²) in [5.41, 5.74) is 0.0345. The van der Waals surface area contributed by atoms with Gasteiger partial charge in [-0.15, -0.1) is 11.3 Å². The van der Waals surface area contributed by atoms with Crippen molar-refractivity contribution in [2.75, 3.05) is 20.4 Å². The maximum Gasteiger partial charge on any atom is 0.253 e. The van der Waals surface area contributed by atoms with E-state index in [4.69, 9.17) is 11.6 Å². The number of rotatable bonds is 6. The van der Waals surface area contributed by atoms with Gasteiger partial charge in [-0.25, -0.2) is 21.1 Å². The first kappa shape index (κ1) is 20.8. The molecular formula is C15H17ClN2O5S3. The lowest BCUT2D eigenvalue weighted by molar-refractivity contribution is 0.0951. The Morgan fingerprint density at radius 1 is 1.15 bits per heavy atom. The monoisotopic (exact) mass is 436 g/mol. The molecule has 0 bridgehead atoms. The van der Waals surface area contributed by atoms with E-state index in [1.54, 1.807) is 6.07 Å². The Bertz CT molecular complexity index is 1040. The van der Waals surface area contributed by atoms with E-state index in [1.165, 1.54) is 38.4 Å². The molecule has 0 unspecified atom stereocenters. The fourth-order valence-corrected chi connectivity index (χ4v) is 5.26. The molecule has 0 saturated heterocycles. The van der Waals surface area contributed by atoms with E-state index in [9.17, 15) is 21.6 Å². The molecule has 0 atom stereocenters. The van der Waals surface area contributed by atoms with Crippen molar-refractivity contribution in [1.29, 1.82) is 0 Å². The normalized spacial score (nSPS) is 12.3. The molecular weight excluding hydrogens is 420 g/mol. The van der Waals surface area contributed by atoms with Crippen LogP contribution in [0.1, 0.15) is 15.2 Å². The smallest absolute Gasteiger partial charge is 0.253 e. The maximum atomic E-state index is 12.3. The number of hydrogen-bond acceptors (Lipinski definition) is 6. The molecule has 7 nitrogen and oxygen atoms in total. The van der Waals surface area contributed by atoms with Crippen LogP contribution in [0.4, 0.5) is 0 Å². The van der Waals surface area contributed by atoms with Gasteiger partial charge >= 0.3 is 0 Å². The van der Waals surface area contributed by atoms with Gasteiger partial charge in [0.25, 0.3) is 15.9 Å². The Morgan fingerprint density at radius 3 is 2.38 bits per heavy atom. The molecule has 1 aromatic heterocycles. The number of sulfonamides is 1. The van der Waals surface area contributed by atoms with Gasteiger partial charge in [0.2, 0.25) is 0 Å². The summed E-state index contributed by atoms with van der Waals surface area (Å²) in [6, 6.07) is 6.96. The van der Waals surface area contributed by atoms with E-state index in [1.807, 2.05) is 0 Å².